The molecule has 1 aromatic rings. The maximum absolute atomic E-state index is 12.6. The number of quaternary nitrogens is 1. The Morgan fingerprint density at radius 1 is 1.15 bits per heavy atom. The van der Waals surface area contributed by atoms with Crippen molar-refractivity contribution in [1.29, 1.82) is 0 Å². The first-order chi connectivity index (χ1) is 12.8. The van der Waals surface area contributed by atoms with Crippen LogP contribution in [0.15, 0.2) is 29.2 Å². The zero-order valence-corrected chi connectivity index (χ0v) is 16.6. The van der Waals surface area contributed by atoms with Crippen LogP contribution in [-0.2, 0) is 24.3 Å². The highest BCUT2D eigenvalue weighted by Gasteiger charge is 2.28. The van der Waals surface area contributed by atoms with Crippen molar-refractivity contribution in [3.63, 3.8) is 0 Å². The minimum atomic E-state index is -3.52. The van der Waals surface area contributed by atoms with Crippen molar-refractivity contribution in [2.75, 3.05) is 51.3 Å². The number of carbonyl (C=O) groups is 1. The van der Waals surface area contributed by atoms with Crippen LogP contribution < -0.4 is 10.2 Å². The van der Waals surface area contributed by atoms with Gasteiger partial charge in [-0.25, -0.2) is 8.42 Å². The summed E-state index contributed by atoms with van der Waals surface area (Å²) in [7, 11) is -3.52. The molecule has 8 nitrogen and oxygen atoms in total. The standard InChI is InChI=1S/C18H27N3O5S/c1-14-11-20(12-15(2)26-14)13-18(22)19-16-3-5-17(6-4-16)27(23,24)21-7-9-25-10-8-21/h3-6,14-15H,7-13H2,1-2H3,(H,19,22)/p+1/t14-,15-/m1/s1. The number of rotatable bonds is 5. The number of ether oxygens (including phenoxy) is 2. The number of amides is 1. The van der Waals surface area contributed by atoms with Crippen molar-refractivity contribution in [3.8, 4) is 0 Å². The molecular weight excluding hydrogens is 370 g/mol. The van der Waals surface area contributed by atoms with E-state index in [0.29, 0.717) is 38.5 Å². The van der Waals surface area contributed by atoms with Gasteiger partial charge in [0.15, 0.2) is 6.54 Å². The summed E-state index contributed by atoms with van der Waals surface area (Å²) in [5, 5.41) is 2.85. The van der Waals surface area contributed by atoms with Gasteiger partial charge < -0.3 is 19.7 Å². The van der Waals surface area contributed by atoms with Crippen molar-refractivity contribution in [3.05, 3.63) is 24.3 Å². The second kappa shape index (κ2) is 8.66. The molecule has 2 saturated heterocycles. The lowest BCUT2D eigenvalue weighted by Crippen LogP contribution is -3.16. The molecule has 27 heavy (non-hydrogen) atoms. The molecule has 2 aliphatic heterocycles. The predicted octanol–water partition coefficient (Wildman–Crippen LogP) is -0.662. The van der Waals surface area contributed by atoms with Crippen LogP contribution >= 0.6 is 0 Å². The van der Waals surface area contributed by atoms with Crippen LogP contribution in [0.4, 0.5) is 5.69 Å². The topological polar surface area (TPSA) is 89.4 Å². The Bertz CT molecular complexity index is 737. The van der Waals surface area contributed by atoms with Crippen LogP contribution in [0.3, 0.4) is 0 Å². The highest BCUT2D eigenvalue weighted by molar-refractivity contribution is 7.89. The third-order valence-corrected chi connectivity index (χ3v) is 6.69. The van der Waals surface area contributed by atoms with Gasteiger partial charge in [0.25, 0.3) is 5.91 Å². The van der Waals surface area contributed by atoms with E-state index in [-0.39, 0.29) is 23.0 Å². The first-order valence-electron chi connectivity index (χ1n) is 9.31. The van der Waals surface area contributed by atoms with Crippen LogP contribution in [0.5, 0.6) is 0 Å². The van der Waals surface area contributed by atoms with E-state index < -0.39 is 10.0 Å². The quantitative estimate of drug-likeness (QED) is 0.687. The van der Waals surface area contributed by atoms with Gasteiger partial charge in [-0.1, -0.05) is 0 Å². The molecule has 2 heterocycles. The van der Waals surface area contributed by atoms with E-state index in [1.807, 2.05) is 13.8 Å². The van der Waals surface area contributed by atoms with E-state index in [2.05, 4.69) is 5.32 Å². The highest BCUT2D eigenvalue weighted by atomic mass is 32.2. The Hall–Kier alpha value is -1.52. The molecule has 3 rings (SSSR count). The monoisotopic (exact) mass is 398 g/mol. The molecule has 9 heteroatoms. The molecule has 0 bridgehead atoms. The highest BCUT2D eigenvalue weighted by Crippen LogP contribution is 2.19. The second-order valence-electron chi connectivity index (χ2n) is 7.18. The van der Waals surface area contributed by atoms with E-state index in [1.54, 1.807) is 12.1 Å². The summed E-state index contributed by atoms with van der Waals surface area (Å²) in [4.78, 5) is 13.7. The summed E-state index contributed by atoms with van der Waals surface area (Å²) in [6.07, 6.45) is 0.280. The summed E-state index contributed by atoms with van der Waals surface area (Å²) in [6.45, 7) is 7.54. The SMILES string of the molecule is C[C@@H]1C[NH+](CC(=O)Nc2ccc(S(=O)(=O)N3CCOCC3)cc2)C[C@@H](C)O1. The molecule has 0 unspecified atom stereocenters. The van der Waals surface area contributed by atoms with Gasteiger partial charge in [-0.05, 0) is 38.1 Å². The third kappa shape index (κ3) is 5.26. The number of hydrogen-bond acceptors (Lipinski definition) is 5. The van der Waals surface area contributed by atoms with Crippen LogP contribution in [-0.4, -0.2) is 76.8 Å². The van der Waals surface area contributed by atoms with Crippen molar-refractivity contribution >= 4 is 21.6 Å². The first-order valence-corrected chi connectivity index (χ1v) is 10.8. The smallest absolute Gasteiger partial charge is 0.279 e. The molecular formula is C18H28N3O5S+. The van der Waals surface area contributed by atoms with E-state index in [0.717, 1.165) is 13.1 Å². The Morgan fingerprint density at radius 3 is 2.33 bits per heavy atom. The second-order valence-corrected chi connectivity index (χ2v) is 9.12. The lowest BCUT2D eigenvalue weighted by atomic mass is 10.2. The van der Waals surface area contributed by atoms with Gasteiger partial charge in [0, 0.05) is 18.8 Å². The number of hydrogen-bond donors (Lipinski definition) is 2. The summed E-state index contributed by atoms with van der Waals surface area (Å²) in [5.41, 5.74) is 0.592. The molecule has 2 fully saturated rings. The molecule has 0 aliphatic carbocycles. The van der Waals surface area contributed by atoms with E-state index >= 15 is 0 Å². The maximum atomic E-state index is 12.6. The lowest BCUT2D eigenvalue weighted by Gasteiger charge is -2.31. The minimum Gasteiger partial charge on any atom is -0.379 e. The minimum absolute atomic E-state index is 0.0879. The molecule has 2 atom stereocenters. The first kappa shape index (κ1) is 20.2. The largest absolute Gasteiger partial charge is 0.379 e. The molecule has 0 spiro atoms. The molecule has 2 N–H and O–H groups in total. The van der Waals surface area contributed by atoms with Gasteiger partial charge >= 0.3 is 0 Å². The number of sulfonamides is 1. The Balaban J connectivity index is 1.58. The number of carbonyl (C=O) groups excluding carboxylic acids is 1. The fourth-order valence-electron chi connectivity index (χ4n) is 3.61. The summed E-state index contributed by atoms with van der Waals surface area (Å²) < 4.78 is 37.5. The zero-order chi connectivity index (χ0) is 19.4. The van der Waals surface area contributed by atoms with Gasteiger partial charge in [-0.15, -0.1) is 0 Å². The number of nitrogens with one attached hydrogen (secondary N) is 2. The number of anilines is 1. The fourth-order valence-corrected chi connectivity index (χ4v) is 5.02. The van der Waals surface area contributed by atoms with Crippen molar-refractivity contribution in [1.82, 2.24) is 4.31 Å². The Labute approximate surface area is 160 Å². The van der Waals surface area contributed by atoms with Gasteiger partial charge in [-0.3, -0.25) is 4.79 Å². The van der Waals surface area contributed by atoms with Crippen molar-refractivity contribution in [2.45, 2.75) is 31.0 Å². The van der Waals surface area contributed by atoms with Crippen LogP contribution in [0.1, 0.15) is 13.8 Å². The van der Waals surface area contributed by atoms with Gasteiger partial charge in [-0.2, -0.15) is 4.31 Å². The van der Waals surface area contributed by atoms with Gasteiger partial charge in [0.05, 0.1) is 18.1 Å². The molecule has 2 aliphatic rings. The zero-order valence-electron chi connectivity index (χ0n) is 15.8. The van der Waals surface area contributed by atoms with Gasteiger partial charge in [0.1, 0.15) is 25.3 Å². The molecule has 0 radical (unpaired) electrons. The fraction of sp³-hybridized carbons (Fsp3) is 0.611. The number of benzene rings is 1. The third-order valence-electron chi connectivity index (χ3n) is 4.77. The van der Waals surface area contributed by atoms with E-state index in [4.69, 9.17) is 9.47 Å². The molecule has 1 aromatic carbocycles. The maximum Gasteiger partial charge on any atom is 0.279 e. The number of nitrogens with zero attached hydrogens (tertiary/aromatic N) is 1. The normalized spacial score (nSPS) is 27.3. The summed E-state index contributed by atoms with van der Waals surface area (Å²) >= 11 is 0. The van der Waals surface area contributed by atoms with Crippen LogP contribution in [0.2, 0.25) is 0 Å². The number of morpholine rings is 2. The van der Waals surface area contributed by atoms with E-state index in [1.165, 1.54) is 21.3 Å². The predicted molar refractivity (Wildman–Crippen MR) is 100 cm³/mol. The Morgan fingerprint density at radius 2 is 1.74 bits per heavy atom. The van der Waals surface area contributed by atoms with Crippen LogP contribution in [0, 0.1) is 0 Å². The summed E-state index contributed by atoms with van der Waals surface area (Å²) in [6, 6.07) is 6.33. The van der Waals surface area contributed by atoms with Crippen molar-refractivity contribution in [2.24, 2.45) is 0 Å². The average Bonchev–Trinajstić information content (AvgIpc) is 2.62. The lowest BCUT2D eigenvalue weighted by molar-refractivity contribution is -0.907. The molecule has 0 saturated carbocycles. The molecule has 1 amide bonds. The molecule has 0 aromatic heterocycles. The van der Waals surface area contributed by atoms with Crippen LogP contribution in [0.25, 0.3) is 0 Å². The summed E-state index contributed by atoms with van der Waals surface area (Å²) in [5.74, 6) is -0.0879. The van der Waals surface area contributed by atoms with Crippen molar-refractivity contribution < 1.29 is 27.6 Å². The average molecular weight is 399 g/mol. The van der Waals surface area contributed by atoms with Gasteiger partial charge in [0.2, 0.25) is 10.0 Å². The van der Waals surface area contributed by atoms with E-state index in [9.17, 15) is 13.2 Å². The Kier molecular flexibility index (Phi) is 6.48. The molecule has 150 valence electrons.